The van der Waals surface area contributed by atoms with Gasteiger partial charge in [0.25, 0.3) is 5.91 Å². The van der Waals surface area contributed by atoms with Crippen LogP contribution in [-0.2, 0) is 0 Å². The zero-order valence-electron chi connectivity index (χ0n) is 10.2. The van der Waals surface area contributed by atoms with Crippen molar-refractivity contribution in [1.82, 2.24) is 14.8 Å². The molecular formula is C12H17N3O2. The fourth-order valence-electron chi connectivity index (χ4n) is 1.85. The van der Waals surface area contributed by atoms with Crippen LogP contribution in [0.4, 0.5) is 0 Å². The molecule has 1 saturated heterocycles. The zero-order chi connectivity index (χ0) is 12.3. The molecule has 1 aliphatic rings. The van der Waals surface area contributed by atoms with Gasteiger partial charge in [-0.15, -0.1) is 0 Å². The van der Waals surface area contributed by atoms with E-state index in [0.29, 0.717) is 11.4 Å². The molecule has 5 nitrogen and oxygen atoms in total. The Labute approximate surface area is 101 Å². The molecule has 0 spiro atoms. The van der Waals surface area contributed by atoms with Gasteiger partial charge in [0.15, 0.2) is 0 Å². The van der Waals surface area contributed by atoms with Crippen molar-refractivity contribution >= 4 is 5.91 Å². The number of hydrogen-bond donors (Lipinski definition) is 0. The van der Waals surface area contributed by atoms with Gasteiger partial charge in [-0.1, -0.05) is 0 Å². The van der Waals surface area contributed by atoms with E-state index >= 15 is 0 Å². The normalized spacial score (nSPS) is 16.9. The molecule has 17 heavy (non-hydrogen) atoms. The highest BCUT2D eigenvalue weighted by Crippen LogP contribution is 2.12. The molecule has 0 aromatic carbocycles. The van der Waals surface area contributed by atoms with Gasteiger partial charge in [-0.2, -0.15) is 0 Å². The average Bonchev–Trinajstić information content (AvgIpc) is 2.39. The molecule has 1 amide bonds. The third-order valence-corrected chi connectivity index (χ3v) is 2.98. The largest absolute Gasteiger partial charge is 0.481 e. The van der Waals surface area contributed by atoms with E-state index in [1.165, 1.54) is 0 Å². The van der Waals surface area contributed by atoms with Crippen LogP contribution in [0.2, 0.25) is 0 Å². The van der Waals surface area contributed by atoms with Crippen molar-refractivity contribution in [3.05, 3.63) is 23.9 Å². The predicted octanol–water partition coefficient (Wildman–Crippen LogP) is 0.478. The molecule has 1 aromatic heterocycles. The number of amides is 1. The Kier molecular flexibility index (Phi) is 3.58. The summed E-state index contributed by atoms with van der Waals surface area (Å²) in [5, 5.41) is 0. The first-order valence-corrected chi connectivity index (χ1v) is 5.68. The highest BCUT2D eigenvalue weighted by molar-refractivity contribution is 5.94. The Balaban J connectivity index is 2.08. The highest BCUT2D eigenvalue weighted by Gasteiger charge is 2.20. The standard InChI is InChI=1S/C12H17N3O2/c1-14-5-7-15(8-6-14)12(16)10-3-4-13-11(9-10)17-2/h3-4,9H,5-8H2,1-2H3. The SMILES string of the molecule is COc1cc(C(=O)N2CCN(C)CC2)ccn1. The van der Waals surface area contributed by atoms with Gasteiger partial charge in [0, 0.05) is 44.0 Å². The summed E-state index contributed by atoms with van der Waals surface area (Å²) in [5.74, 6) is 0.531. The topological polar surface area (TPSA) is 45.7 Å². The minimum absolute atomic E-state index is 0.0544. The van der Waals surface area contributed by atoms with Gasteiger partial charge in [0.05, 0.1) is 7.11 Å². The summed E-state index contributed by atoms with van der Waals surface area (Å²) < 4.78 is 5.02. The number of nitrogens with zero attached hydrogens (tertiary/aromatic N) is 3. The van der Waals surface area contributed by atoms with Gasteiger partial charge in [0.1, 0.15) is 0 Å². The monoisotopic (exact) mass is 235 g/mol. The smallest absolute Gasteiger partial charge is 0.254 e. The van der Waals surface area contributed by atoms with E-state index < -0.39 is 0 Å². The Morgan fingerprint density at radius 2 is 2.06 bits per heavy atom. The third-order valence-electron chi connectivity index (χ3n) is 2.98. The van der Waals surface area contributed by atoms with Crippen molar-refractivity contribution in [3.63, 3.8) is 0 Å². The van der Waals surface area contributed by atoms with Crippen molar-refractivity contribution in [1.29, 1.82) is 0 Å². The summed E-state index contributed by atoms with van der Waals surface area (Å²) >= 11 is 0. The lowest BCUT2D eigenvalue weighted by Crippen LogP contribution is -2.47. The van der Waals surface area contributed by atoms with E-state index in [1.54, 1.807) is 25.4 Å². The summed E-state index contributed by atoms with van der Waals surface area (Å²) in [6.45, 7) is 3.40. The number of piperazine rings is 1. The summed E-state index contributed by atoms with van der Waals surface area (Å²) in [6, 6.07) is 3.41. The van der Waals surface area contributed by atoms with Crippen LogP contribution in [0.1, 0.15) is 10.4 Å². The molecule has 0 unspecified atom stereocenters. The average molecular weight is 235 g/mol. The lowest BCUT2D eigenvalue weighted by atomic mass is 10.2. The molecular weight excluding hydrogens is 218 g/mol. The first-order chi connectivity index (χ1) is 8.20. The second kappa shape index (κ2) is 5.14. The fourth-order valence-corrected chi connectivity index (χ4v) is 1.85. The molecule has 0 radical (unpaired) electrons. The maximum absolute atomic E-state index is 12.2. The number of aromatic nitrogens is 1. The Hall–Kier alpha value is -1.62. The molecule has 1 aliphatic heterocycles. The Bertz CT molecular complexity index is 400. The second-order valence-electron chi connectivity index (χ2n) is 4.18. The number of rotatable bonds is 2. The fraction of sp³-hybridized carbons (Fsp3) is 0.500. The second-order valence-corrected chi connectivity index (χ2v) is 4.18. The summed E-state index contributed by atoms with van der Waals surface area (Å²) in [6.07, 6.45) is 1.60. The molecule has 0 bridgehead atoms. The van der Waals surface area contributed by atoms with E-state index in [-0.39, 0.29) is 5.91 Å². The van der Waals surface area contributed by atoms with Crippen LogP contribution < -0.4 is 4.74 Å². The van der Waals surface area contributed by atoms with Crippen LogP contribution in [0, 0.1) is 0 Å². The van der Waals surface area contributed by atoms with Gasteiger partial charge < -0.3 is 14.5 Å². The van der Waals surface area contributed by atoms with Gasteiger partial charge in [-0.3, -0.25) is 4.79 Å². The molecule has 2 rings (SSSR count). The number of ether oxygens (including phenoxy) is 1. The highest BCUT2D eigenvalue weighted by atomic mass is 16.5. The van der Waals surface area contributed by atoms with Gasteiger partial charge >= 0.3 is 0 Å². The number of likely N-dealkylation sites (N-methyl/N-ethyl adjacent to an activating group) is 1. The maximum Gasteiger partial charge on any atom is 0.254 e. The van der Waals surface area contributed by atoms with Crippen molar-refractivity contribution in [2.45, 2.75) is 0 Å². The molecule has 2 heterocycles. The Morgan fingerprint density at radius 3 is 2.71 bits per heavy atom. The number of pyridine rings is 1. The minimum atomic E-state index is 0.0544. The molecule has 1 fully saturated rings. The molecule has 0 N–H and O–H groups in total. The lowest BCUT2D eigenvalue weighted by molar-refractivity contribution is 0.0663. The van der Waals surface area contributed by atoms with Crippen LogP contribution in [-0.4, -0.2) is 61.0 Å². The van der Waals surface area contributed by atoms with Crippen molar-refractivity contribution in [2.24, 2.45) is 0 Å². The summed E-state index contributed by atoms with van der Waals surface area (Å²) in [4.78, 5) is 20.3. The van der Waals surface area contributed by atoms with Crippen LogP contribution >= 0.6 is 0 Å². The number of hydrogen-bond acceptors (Lipinski definition) is 4. The minimum Gasteiger partial charge on any atom is -0.481 e. The van der Waals surface area contributed by atoms with E-state index in [2.05, 4.69) is 16.9 Å². The quantitative estimate of drug-likeness (QED) is 0.748. The van der Waals surface area contributed by atoms with Crippen molar-refractivity contribution in [2.75, 3.05) is 40.3 Å². The first-order valence-electron chi connectivity index (χ1n) is 5.68. The van der Waals surface area contributed by atoms with Crippen LogP contribution in [0.5, 0.6) is 5.88 Å². The summed E-state index contributed by atoms with van der Waals surface area (Å²) in [7, 11) is 3.61. The lowest BCUT2D eigenvalue weighted by Gasteiger charge is -2.32. The molecule has 0 aliphatic carbocycles. The van der Waals surface area contributed by atoms with Gasteiger partial charge in [0.2, 0.25) is 5.88 Å². The molecule has 92 valence electrons. The summed E-state index contributed by atoms with van der Waals surface area (Å²) in [5.41, 5.74) is 0.640. The third kappa shape index (κ3) is 2.74. The zero-order valence-corrected chi connectivity index (χ0v) is 10.2. The van der Waals surface area contributed by atoms with E-state index in [9.17, 15) is 4.79 Å². The van der Waals surface area contributed by atoms with Crippen molar-refractivity contribution in [3.8, 4) is 5.88 Å². The van der Waals surface area contributed by atoms with E-state index in [1.807, 2.05) is 4.90 Å². The van der Waals surface area contributed by atoms with Gasteiger partial charge in [-0.25, -0.2) is 4.98 Å². The maximum atomic E-state index is 12.2. The number of carbonyl (C=O) groups is 1. The Morgan fingerprint density at radius 1 is 1.35 bits per heavy atom. The molecule has 5 heteroatoms. The van der Waals surface area contributed by atoms with Crippen LogP contribution in [0.15, 0.2) is 18.3 Å². The van der Waals surface area contributed by atoms with Crippen LogP contribution in [0.25, 0.3) is 0 Å². The van der Waals surface area contributed by atoms with E-state index in [0.717, 1.165) is 26.2 Å². The number of carbonyl (C=O) groups excluding carboxylic acids is 1. The van der Waals surface area contributed by atoms with Crippen molar-refractivity contribution < 1.29 is 9.53 Å². The first kappa shape index (κ1) is 11.9. The molecule has 1 aromatic rings. The molecule has 0 saturated carbocycles. The predicted molar refractivity (Wildman–Crippen MR) is 64.2 cm³/mol. The van der Waals surface area contributed by atoms with E-state index in [4.69, 9.17) is 4.74 Å². The number of methoxy groups -OCH3 is 1. The van der Waals surface area contributed by atoms with Crippen LogP contribution in [0.3, 0.4) is 0 Å². The van der Waals surface area contributed by atoms with Gasteiger partial charge in [-0.05, 0) is 13.1 Å². The molecule has 0 atom stereocenters.